The Bertz CT molecular complexity index is 504. The van der Waals surface area contributed by atoms with Crippen molar-refractivity contribution < 1.29 is 4.74 Å². The quantitative estimate of drug-likeness (QED) is 0.334. The summed E-state index contributed by atoms with van der Waals surface area (Å²) in [6.45, 7) is 14.2. The second kappa shape index (κ2) is 13.2. The molecule has 0 aliphatic carbocycles. The van der Waals surface area contributed by atoms with Gasteiger partial charge in [0.25, 0.3) is 0 Å². The average Bonchev–Trinajstić information content (AvgIpc) is 2.58. The minimum absolute atomic E-state index is 0. The Morgan fingerprint density at radius 1 is 1.20 bits per heavy atom. The highest BCUT2D eigenvalue weighted by molar-refractivity contribution is 14.0. The van der Waals surface area contributed by atoms with E-state index in [-0.39, 0.29) is 30.0 Å². The van der Waals surface area contributed by atoms with E-state index < -0.39 is 0 Å². The highest BCUT2D eigenvalue weighted by atomic mass is 127. The number of ether oxygens (including phenoxy) is 1. The number of halogens is 1. The maximum atomic E-state index is 5.39. The normalized spacial score (nSPS) is 12.7. The molecule has 1 aromatic carbocycles. The fourth-order valence-electron chi connectivity index (χ4n) is 2.72. The molecule has 0 aromatic heterocycles. The van der Waals surface area contributed by atoms with Crippen LogP contribution in [0.5, 0.6) is 5.75 Å². The van der Waals surface area contributed by atoms with E-state index >= 15 is 0 Å². The van der Waals surface area contributed by atoms with Gasteiger partial charge in [-0.1, -0.05) is 26.0 Å². The Morgan fingerprint density at radius 3 is 2.40 bits per heavy atom. The van der Waals surface area contributed by atoms with Gasteiger partial charge in [-0.25, -0.2) is 0 Å². The maximum absolute atomic E-state index is 5.39. The third-order valence-corrected chi connectivity index (χ3v) is 3.92. The zero-order chi connectivity index (χ0) is 17.9. The van der Waals surface area contributed by atoms with Crippen LogP contribution >= 0.6 is 24.0 Å². The van der Waals surface area contributed by atoms with Gasteiger partial charge in [-0.3, -0.25) is 9.89 Å². The molecule has 1 rings (SSSR count). The Morgan fingerprint density at radius 2 is 1.88 bits per heavy atom. The molecular weight excluding hydrogens is 427 g/mol. The first-order valence-corrected chi connectivity index (χ1v) is 8.98. The summed E-state index contributed by atoms with van der Waals surface area (Å²) in [5.74, 6) is 1.76. The molecule has 0 saturated carbocycles. The van der Waals surface area contributed by atoms with E-state index in [0.29, 0.717) is 12.6 Å². The van der Waals surface area contributed by atoms with Crippen molar-refractivity contribution in [3.05, 3.63) is 29.8 Å². The van der Waals surface area contributed by atoms with Crippen LogP contribution in [-0.4, -0.2) is 50.2 Å². The SMILES string of the molecule is CCNC(=NCC(c1cccc(OC)c1)N(CC)CC)NC(C)C.I. The topological polar surface area (TPSA) is 48.9 Å². The number of nitrogens with one attached hydrogen (secondary N) is 2. The second-order valence-corrected chi connectivity index (χ2v) is 6.03. The smallest absolute Gasteiger partial charge is 0.191 e. The van der Waals surface area contributed by atoms with Crippen LogP contribution in [-0.2, 0) is 0 Å². The molecule has 0 bridgehead atoms. The lowest BCUT2D eigenvalue weighted by Crippen LogP contribution is -2.41. The Hall–Kier alpha value is -1.02. The second-order valence-electron chi connectivity index (χ2n) is 6.03. The molecule has 2 N–H and O–H groups in total. The molecule has 0 heterocycles. The summed E-state index contributed by atoms with van der Waals surface area (Å²) in [6, 6.07) is 8.89. The van der Waals surface area contributed by atoms with E-state index in [0.717, 1.165) is 31.3 Å². The van der Waals surface area contributed by atoms with E-state index in [1.807, 2.05) is 12.1 Å². The van der Waals surface area contributed by atoms with Crippen molar-refractivity contribution in [2.24, 2.45) is 4.99 Å². The van der Waals surface area contributed by atoms with E-state index in [2.05, 4.69) is 62.3 Å². The zero-order valence-corrected chi connectivity index (χ0v) is 18.8. The van der Waals surface area contributed by atoms with Crippen LogP contribution < -0.4 is 15.4 Å². The van der Waals surface area contributed by atoms with Crippen molar-refractivity contribution in [3.63, 3.8) is 0 Å². The fourth-order valence-corrected chi connectivity index (χ4v) is 2.72. The molecule has 144 valence electrons. The number of methoxy groups -OCH3 is 1. The first kappa shape index (κ1) is 24.0. The van der Waals surface area contributed by atoms with Crippen LogP contribution in [0.1, 0.15) is 46.2 Å². The minimum Gasteiger partial charge on any atom is -0.497 e. The minimum atomic E-state index is 0. The van der Waals surface area contributed by atoms with Gasteiger partial charge in [0.1, 0.15) is 5.75 Å². The molecule has 0 fully saturated rings. The van der Waals surface area contributed by atoms with Crippen LogP contribution in [0.4, 0.5) is 0 Å². The predicted octanol–water partition coefficient (Wildman–Crippen LogP) is 3.66. The van der Waals surface area contributed by atoms with Crippen molar-refractivity contribution >= 4 is 29.9 Å². The van der Waals surface area contributed by atoms with Crippen molar-refractivity contribution in [3.8, 4) is 5.75 Å². The van der Waals surface area contributed by atoms with Gasteiger partial charge in [-0.2, -0.15) is 0 Å². The van der Waals surface area contributed by atoms with Crippen LogP contribution in [0.2, 0.25) is 0 Å². The maximum Gasteiger partial charge on any atom is 0.191 e. The van der Waals surface area contributed by atoms with Gasteiger partial charge < -0.3 is 15.4 Å². The summed E-state index contributed by atoms with van der Waals surface area (Å²) < 4.78 is 5.39. The number of likely N-dealkylation sites (N-methyl/N-ethyl adjacent to an activating group) is 1. The number of guanidine groups is 1. The number of rotatable bonds is 9. The molecule has 6 heteroatoms. The Labute approximate surface area is 170 Å². The molecular formula is C19H35IN4O. The monoisotopic (exact) mass is 462 g/mol. The Kier molecular flexibility index (Phi) is 12.7. The molecule has 1 aromatic rings. The van der Waals surface area contributed by atoms with Gasteiger partial charge in [0.15, 0.2) is 5.96 Å². The molecule has 1 atom stereocenters. The standard InChI is InChI=1S/C19H34N4O.HI/c1-7-20-19(22-15(4)5)21-14-18(23(8-2)9-3)16-11-10-12-17(13-16)24-6;/h10-13,15,18H,7-9,14H2,1-6H3,(H2,20,21,22);1H. The van der Waals surface area contributed by atoms with Crippen molar-refractivity contribution in [1.82, 2.24) is 15.5 Å². The van der Waals surface area contributed by atoms with E-state index in [1.165, 1.54) is 5.56 Å². The summed E-state index contributed by atoms with van der Waals surface area (Å²) in [5, 5.41) is 6.69. The van der Waals surface area contributed by atoms with Gasteiger partial charge in [0.05, 0.1) is 19.7 Å². The molecule has 0 aliphatic heterocycles. The number of aliphatic imine (C=N–C) groups is 1. The molecule has 25 heavy (non-hydrogen) atoms. The molecule has 0 radical (unpaired) electrons. The lowest BCUT2D eigenvalue weighted by molar-refractivity contribution is 0.224. The predicted molar refractivity (Wildman–Crippen MR) is 118 cm³/mol. The van der Waals surface area contributed by atoms with Gasteiger partial charge in [0.2, 0.25) is 0 Å². The Balaban J connectivity index is 0.00000576. The molecule has 1 unspecified atom stereocenters. The van der Waals surface area contributed by atoms with Gasteiger partial charge >= 0.3 is 0 Å². The van der Waals surface area contributed by atoms with Crippen LogP contribution in [0, 0.1) is 0 Å². The summed E-state index contributed by atoms with van der Waals surface area (Å²) in [6.07, 6.45) is 0. The van der Waals surface area contributed by atoms with Crippen molar-refractivity contribution in [2.45, 2.75) is 46.7 Å². The third-order valence-electron chi connectivity index (χ3n) is 3.92. The van der Waals surface area contributed by atoms with Crippen LogP contribution in [0.3, 0.4) is 0 Å². The van der Waals surface area contributed by atoms with E-state index in [9.17, 15) is 0 Å². The zero-order valence-electron chi connectivity index (χ0n) is 16.5. The molecule has 0 aliphatic rings. The number of nitrogens with zero attached hydrogens (tertiary/aromatic N) is 2. The van der Waals surface area contributed by atoms with Crippen molar-refractivity contribution in [2.75, 3.05) is 33.3 Å². The largest absolute Gasteiger partial charge is 0.497 e. The highest BCUT2D eigenvalue weighted by Gasteiger charge is 2.18. The van der Waals surface area contributed by atoms with E-state index in [1.54, 1.807) is 7.11 Å². The number of benzene rings is 1. The molecule has 0 spiro atoms. The van der Waals surface area contributed by atoms with Crippen LogP contribution in [0.25, 0.3) is 0 Å². The first-order valence-electron chi connectivity index (χ1n) is 8.98. The average molecular weight is 462 g/mol. The van der Waals surface area contributed by atoms with Gasteiger partial charge in [0, 0.05) is 12.6 Å². The lowest BCUT2D eigenvalue weighted by atomic mass is 10.0. The summed E-state index contributed by atoms with van der Waals surface area (Å²) >= 11 is 0. The molecule has 5 nitrogen and oxygen atoms in total. The lowest BCUT2D eigenvalue weighted by Gasteiger charge is -2.29. The number of hydrogen-bond donors (Lipinski definition) is 2. The molecule has 0 amide bonds. The summed E-state index contributed by atoms with van der Waals surface area (Å²) in [4.78, 5) is 7.24. The highest BCUT2D eigenvalue weighted by Crippen LogP contribution is 2.24. The first-order chi connectivity index (χ1) is 11.5. The fraction of sp³-hybridized carbons (Fsp3) is 0.632. The third kappa shape index (κ3) is 8.27. The van der Waals surface area contributed by atoms with Gasteiger partial charge in [-0.15, -0.1) is 24.0 Å². The molecule has 0 saturated heterocycles. The van der Waals surface area contributed by atoms with Gasteiger partial charge in [-0.05, 0) is 51.6 Å². The van der Waals surface area contributed by atoms with Crippen LogP contribution in [0.15, 0.2) is 29.3 Å². The number of hydrogen-bond acceptors (Lipinski definition) is 3. The van der Waals surface area contributed by atoms with E-state index in [4.69, 9.17) is 9.73 Å². The summed E-state index contributed by atoms with van der Waals surface area (Å²) in [7, 11) is 1.71. The summed E-state index contributed by atoms with van der Waals surface area (Å²) in [5.41, 5.74) is 1.24. The van der Waals surface area contributed by atoms with Crippen molar-refractivity contribution in [1.29, 1.82) is 0 Å².